The van der Waals surface area contributed by atoms with Crippen molar-refractivity contribution in [3.63, 3.8) is 0 Å². The minimum atomic E-state index is -0.169. The molecule has 0 aromatic heterocycles. The number of carbonyl (C=O) groups is 1. The Bertz CT molecular complexity index is 658. The minimum Gasteiger partial charge on any atom is -0.507 e. The lowest BCUT2D eigenvalue weighted by molar-refractivity contribution is -0.126. The predicted molar refractivity (Wildman–Crippen MR) is 108 cm³/mol. The quantitative estimate of drug-likeness (QED) is 0.760. The van der Waals surface area contributed by atoms with Gasteiger partial charge in [0.05, 0.1) is 4.91 Å². The fourth-order valence-electron chi connectivity index (χ4n) is 3.02. The Morgan fingerprint density at radius 1 is 1.12 bits per heavy atom. The van der Waals surface area contributed by atoms with E-state index in [0.29, 0.717) is 5.75 Å². The van der Waals surface area contributed by atoms with Gasteiger partial charge in [-0.1, -0.05) is 41.5 Å². The van der Waals surface area contributed by atoms with E-state index in [0.717, 1.165) is 40.4 Å². The summed E-state index contributed by atoms with van der Waals surface area (Å²) in [5.74, 6) is 1.42. The van der Waals surface area contributed by atoms with Crippen molar-refractivity contribution in [2.45, 2.75) is 59.3 Å². The van der Waals surface area contributed by atoms with Crippen molar-refractivity contribution in [1.29, 1.82) is 0 Å². The van der Waals surface area contributed by atoms with Gasteiger partial charge in [0, 0.05) is 30.0 Å². The molecule has 0 spiro atoms. The Hall–Kier alpha value is -1.42. The van der Waals surface area contributed by atoms with E-state index in [9.17, 15) is 9.90 Å². The fraction of sp³-hybridized carbons (Fsp3) is 0.571. The van der Waals surface area contributed by atoms with Crippen LogP contribution in [-0.4, -0.2) is 34.8 Å². The van der Waals surface area contributed by atoms with Crippen molar-refractivity contribution < 1.29 is 9.90 Å². The average Bonchev–Trinajstić information content (AvgIpc) is 2.48. The van der Waals surface area contributed by atoms with Crippen molar-refractivity contribution in [1.82, 2.24) is 4.90 Å². The zero-order valence-electron chi connectivity index (χ0n) is 16.6. The Morgan fingerprint density at radius 3 is 2.08 bits per heavy atom. The summed E-state index contributed by atoms with van der Waals surface area (Å²) in [6, 6.07) is 4.05. The molecule has 0 bridgehead atoms. The molecule has 1 aromatic rings. The van der Waals surface area contributed by atoms with Gasteiger partial charge >= 0.3 is 0 Å². The first-order valence-electron chi connectivity index (χ1n) is 8.97. The lowest BCUT2D eigenvalue weighted by Gasteiger charge is -2.29. The third kappa shape index (κ3) is 4.41. The third-order valence-electron chi connectivity index (χ3n) is 4.54. The van der Waals surface area contributed by atoms with E-state index in [1.165, 1.54) is 0 Å². The number of phenols is 1. The second-order valence-electron chi connectivity index (χ2n) is 8.71. The highest BCUT2D eigenvalue weighted by molar-refractivity contribution is 8.04. The second-order valence-corrected chi connectivity index (χ2v) is 9.84. The molecule has 3 nitrogen and oxygen atoms in total. The molecule has 1 aromatic carbocycles. The monoisotopic (exact) mass is 361 g/mol. The standard InChI is InChI=1S/C21H31NO2S/c1-8-22-9-10-25-17(19(22)24)13-14-11-15(20(2,3)4)18(23)16(12-14)21(5,6)7/h11-13,23H,8-10H2,1-7H3/b17-13+. The smallest absolute Gasteiger partial charge is 0.260 e. The molecule has 25 heavy (non-hydrogen) atoms. The molecule has 1 amide bonds. The van der Waals surface area contributed by atoms with E-state index in [1.807, 2.05) is 30.0 Å². The van der Waals surface area contributed by atoms with Gasteiger partial charge < -0.3 is 10.0 Å². The first kappa shape index (κ1) is 19.9. The Balaban J connectivity index is 2.58. The van der Waals surface area contributed by atoms with Crippen molar-refractivity contribution in [3.05, 3.63) is 33.7 Å². The molecule has 4 heteroatoms. The van der Waals surface area contributed by atoms with Gasteiger partial charge in [-0.2, -0.15) is 0 Å². The van der Waals surface area contributed by atoms with Gasteiger partial charge in [-0.05, 0) is 41.5 Å². The molecule has 0 aliphatic carbocycles. The number of likely N-dealkylation sites (N-methyl/N-ethyl adjacent to an activating group) is 1. The molecular weight excluding hydrogens is 330 g/mol. The Kier molecular flexibility index (Phi) is 5.62. The molecule has 138 valence electrons. The van der Waals surface area contributed by atoms with Gasteiger partial charge in [0.2, 0.25) is 0 Å². The second kappa shape index (κ2) is 7.06. The Labute approximate surface area is 156 Å². The molecule has 1 aliphatic rings. The van der Waals surface area contributed by atoms with Crippen molar-refractivity contribution >= 4 is 23.7 Å². The summed E-state index contributed by atoms with van der Waals surface area (Å²) in [5.41, 5.74) is 2.50. The zero-order chi connectivity index (χ0) is 19.0. The highest BCUT2D eigenvalue weighted by Crippen LogP contribution is 2.40. The van der Waals surface area contributed by atoms with Crippen LogP contribution >= 0.6 is 11.8 Å². The number of thioether (sulfide) groups is 1. The van der Waals surface area contributed by atoms with E-state index in [4.69, 9.17) is 0 Å². The highest BCUT2D eigenvalue weighted by atomic mass is 32.2. The SMILES string of the molecule is CCN1CCS/C(=C/c2cc(C(C)(C)C)c(O)c(C(C)(C)C)c2)C1=O. The normalized spacial score (nSPS) is 18.1. The Morgan fingerprint density at radius 2 is 1.64 bits per heavy atom. The summed E-state index contributed by atoms with van der Waals surface area (Å²) in [5, 5.41) is 10.8. The van der Waals surface area contributed by atoms with Gasteiger partial charge in [0.1, 0.15) is 5.75 Å². The zero-order valence-corrected chi connectivity index (χ0v) is 17.4. The maximum absolute atomic E-state index is 12.6. The van der Waals surface area contributed by atoms with Crippen molar-refractivity contribution in [3.8, 4) is 5.75 Å². The number of amides is 1. The van der Waals surface area contributed by atoms with E-state index < -0.39 is 0 Å². The number of nitrogens with zero attached hydrogens (tertiary/aromatic N) is 1. The number of hydrogen-bond acceptors (Lipinski definition) is 3. The first-order valence-corrected chi connectivity index (χ1v) is 9.95. The molecule has 1 fully saturated rings. The summed E-state index contributed by atoms with van der Waals surface area (Å²) >= 11 is 1.62. The van der Waals surface area contributed by atoms with Gasteiger partial charge in [0.25, 0.3) is 5.91 Å². The van der Waals surface area contributed by atoms with Gasteiger partial charge in [-0.15, -0.1) is 11.8 Å². The number of phenolic OH excluding ortho intramolecular Hbond substituents is 1. The summed E-state index contributed by atoms with van der Waals surface area (Å²) in [4.78, 5) is 15.3. The van der Waals surface area contributed by atoms with Gasteiger partial charge in [-0.25, -0.2) is 0 Å². The molecule has 1 N–H and O–H groups in total. The van der Waals surface area contributed by atoms with Crippen LogP contribution in [-0.2, 0) is 15.6 Å². The number of rotatable bonds is 2. The van der Waals surface area contributed by atoms with Crippen LogP contribution in [0.2, 0.25) is 0 Å². The molecule has 0 saturated carbocycles. The number of carbonyl (C=O) groups excluding carboxylic acids is 1. The van der Waals surface area contributed by atoms with Gasteiger partial charge in [0.15, 0.2) is 0 Å². The molecule has 1 heterocycles. The predicted octanol–water partition coefficient (Wildman–Crippen LogP) is 4.92. The molecular formula is C21H31NO2S. The van der Waals surface area contributed by atoms with Crippen LogP contribution < -0.4 is 0 Å². The van der Waals surface area contributed by atoms with Crippen LogP contribution in [0, 0.1) is 0 Å². The molecule has 1 saturated heterocycles. The van der Waals surface area contributed by atoms with E-state index >= 15 is 0 Å². The minimum absolute atomic E-state index is 0.112. The largest absolute Gasteiger partial charge is 0.507 e. The fourth-order valence-corrected chi connectivity index (χ4v) is 4.03. The summed E-state index contributed by atoms with van der Waals surface area (Å²) in [6.45, 7) is 16.2. The molecule has 1 aliphatic heterocycles. The van der Waals surface area contributed by atoms with E-state index in [1.54, 1.807) is 11.8 Å². The maximum Gasteiger partial charge on any atom is 0.260 e. The maximum atomic E-state index is 12.6. The number of hydrogen-bond donors (Lipinski definition) is 1. The molecule has 0 radical (unpaired) electrons. The summed E-state index contributed by atoms with van der Waals surface area (Å²) in [6.07, 6.45) is 1.98. The number of aromatic hydroxyl groups is 1. The van der Waals surface area contributed by atoms with Crippen LogP contribution in [0.1, 0.15) is 65.2 Å². The molecule has 0 unspecified atom stereocenters. The first-order chi connectivity index (χ1) is 11.4. The van der Waals surface area contributed by atoms with Crippen molar-refractivity contribution in [2.24, 2.45) is 0 Å². The average molecular weight is 362 g/mol. The third-order valence-corrected chi connectivity index (χ3v) is 5.53. The summed E-state index contributed by atoms with van der Waals surface area (Å²) < 4.78 is 0. The molecule has 2 rings (SSSR count). The van der Waals surface area contributed by atoms with Crippen LogP contribution in [0.25, 0.3) is 6.08 Å². The van der Waals surface area contributed by atoms with Gasteiger partial charge in [-0.3, -0.25) is 4.79 Å². The van der Waals surface area contributed by atoms with Crippen LogP contribution in [0.3, 0.4) is 0 Å². The number of benzene rings is 1. The van der Waals surface area contributed by atoms with Crippen LogP contribution in [0.5, 0.6) is 5.75 Å². The topological polar surface area (TPSA) is 40.5 Å². The van der Waals surface area contributed by atoms with E-state index in [2.05, 4.69) is 41.5 Å². The van der Waals surface area contributed by atoms with E-state index in [-0.39, 0.29) is 16.7 Å². The molecule has 0 atom stereocenters. The van der Waals surface area contributed by atoms with Crippen LogP contribution in [0.15, 0.2) is 17.0 Å². The summed E-state index contributed by atoms with van der Waals surface area (Å²) in [7, 11) is 0. The van der Waals surface area contributed by atoms with Crippen LogP contribution in [0.4, 0.5) is 0 Å². The highest BCUT2D eigenvalue weighted by Gasteiger charge is 2.27. The van der Waals surface area contributed by atoms with Crippen molar-refractivity contribution in [2.75, 3.05) is 18.8 Å². The lowest BCUT2D eigenvalue weighted by atomic mass is 9.78. The lowest BCUT2D eigenvalue weighted by Crippen LogP contribution is -2.36.